The second kappa shape index (κ2) is 8.24. The average Bonchev–Trinajstić information content (AvgIpc) is 2.61. The van der Waals surface area contributed by atoms with Gasteiger partial charge in [-0.15, -0.1) is 0 Å². The van der Waals surface area contributed by atoms with Gasteiger partial charge in [-0.3, -0.25) is 4.79 Å². The van der Waals surface area contributed by atoms with Crippen molar-refractivity contribution >= 4 is 12.0 Å². The molecule has 27 heavy (non-hydrogen) atoms. The molecule has 7 heteroatoms. The van der Waals surface area contributed by atoms with Crippen LogP contribution in [0.4, 0.5) is 8.78 Å². The summed E-state index contributed by atoms with van der Waals surface area (Å²) in [7, 11) is 0. The van der Waals surface area contributed by atoms with Crippen LogP contribution in [0.25, 0.3) is 6.08 Å². The van der Waals surface area contributed by atoms with Crippen LogP contribution in [0.5, 0.6) is 6.01 Å². The Hall–Kier alpha value is -2.83. The Bertz CT molecular complexity index is 850. The first kappa shape index (κ1) is 18.9. The minimum atomic E-state index is -0.577. The molecule has 1 aromatic heterocycles. The summed E-state index contributed by atoms with van der Waals surface area (Å²) in [6.45, 7) is 4.72. The maximum Gasteiger partial charge on any atom is 0.317 e. The van der Waals surface area contributed by atoms with Crippen LogP contribution >= 0.6 is 0 Å². The van der Waals surface area contributed by atoms with Crippen LogP contribution in [0, 0.1) is 25.5 Å². The molecule has 0 aliphatic carbocycles. The van der Waals surface area contributed by atoms with Crippen molar-refractivity contribution in [3.8, 4) is 6.01 Å². The first-order valence-corrected chi connectivity index (χ1v) is 8.81. The molecule has 142 valence electrons. The number of rotatable bonds is 4. The minimum absolute atomic E-state index is 0.0387. The van der Waals surface area contributed by atoms with E-state index < -0.39 is 11.6 Å². The van der Waals surface area contributed by atoms with Crippen LogP contribution in [-0.4, -0.2) is 40.0 Å². The zero-order chi connectivity index (χ0) is 19.4. The lowest BCUT2D eigenvalue weighted by Gasteiger charge is -2.31. The number of carbonyl (C=O) groups is 1. The molecule has 2 aromatic rings. The number of hydrogen-bond donors (Lipinski definition) is 0. The highest BCUT2D eigenvalue weighted by Crippen LogP contribution is 2.17. The molecule has 0 spiro atoms. The van der Waals surface area contributed by atoms with Gasteiger partial charge >= 0.3 is 6.01 Å². The Labute approximate surface area is 156 Å². The number of hydrogen-bond acceptors (Lipinski definition) is 4. The highest BCUT2D eigenvalue weighted by Gasteiger charge is 2.24. The van der Waals surface area contributed by atoms with E-state index in [1.807, 2.05) is 19.9 Å². The maximum absolute atomic E-state index is 13.7. The first-order chi connectivity index (χ1) is 12.9. The lowest BCUT2D eigenvalue weighted by atomic mass is 10.1. The third-order valence-electron chi connectivity index (χ3n) is 4.29. The van der Waals surface area contributed by atoms with Gasteiger partial charge in [-0.1, -0.05) is 0 Å². The SMILES string of the molecule is Cc1cc(C)nc(OC2CCCN(C(=O)/C=C/c3cc(F)ccc3F)C2)n1. The van der Waals surface area contributed by atoms with Gasteiger partial charge in [0.2, 0.25) is 5.91 Å². The second-order valence-electron chi connectivity index (χ2n) is 6.60. The standard InChI is InChI=1S/C20H21F2N3O2/c1-13-10-14(2)24-20(23-13)27-17-4-3-9-25(12-17)19(26)8-5-15-11-16(21)6-7-18(15)22/h5-8,10-11,17H,3-4,9,12H2,1-2H3/b8-5+. The van der Waals surface area contributed by atoms with Gasteiger partial charge in [0, 0.05) is 29.6 Å². The van der Waals surface area contributed by atoms with Crippen molar-refractivity contribution in [1.82, 2.24) is 14.9 Å². The summed E-state index contributed by atoms with van der Waals surface area (Å²) in [6, 6.07) is 5.30. The number of ether oxygens (including phenoxy) is 1. The van der Waals surface area contributed by atoms with E-state index in [1.165, 1.54) is 12.2 Å². The van der Waals surface area contributed by atoms with Crippen molar-refractivity contribution in [2.75, 3.05) is 13.1 Å². The van der Waals surface area contributed by atoms with Gasteiger partial charge in [-0.25, -0.2) is 18.7 Å². The zero-order valence-electron chi connectivity index (χ0n) is 15.3. The molecule has 1 aliphatic rings. The topological polar surface area (TPSA) is 55.3 Å². The number of piperidine rings is 1. The van der Waals surface area contributed by atoms with Gasteiger partial charge in [0.1, 0.15) is 17.7 Å². The number of nitrogens with zero attached hydrogens (tertiary/aromatic N) is 3. The quantitative estimate of drug-likeness (QED) is 0.771. The maximum atomic E-state index is 13.7. The number of benzene rings is 1. The van der Waals surface area contributed by atoms with E-state index in [-0.39, 0.29) is 17.6 Å². The van der Waals surface area contributed by atoms with Crippen LogP contribution in [0.15, 0.2) is 30.3 Å². The van der Waals surface area contributed by atoms with E-state index >= 15 is 0 Å². The number of amides is 1. The van der Waals surface area contributed by atoms with Gasteiger partial charge in [0.25, 0.3) is 0 Å². The molecule has 0 saturated carbocycles. The van der Waals surface area contributed by atoms with Crippen LogP contribution in [0.3, 0.4) is 0 Å². The van der Waals surface area contributed by atoms with Crippen molar-refractivity contribution < 1.29 is 18.3 Å². The Kier molecular flexibility index (Phi) is 5.78. The Balaban J connectivity index is 1.64. The summed E-state index contributed by atoms with van der Waals surface area (Å²) in [5.41, 5.74) is 1.68. The minimum Gasteiger partial charge on any atom is -0.458 e. The van der Waals surface area contributed by atoms with E-state index in [9.17, 15) is 13.6 Å². The predicted molar refractivity (Wildman–Crippen MR) is 97.1 cm³/mol. The lowest BCUT2D eigenvalue weighted by molar-refractivity contribution is -0.128. The van der Waals surface area contributed by atoms with Gasteiger partial charge in [0.15, 0.2) is 0 Å². The highest BCUT2D eigenvalue weighted by atomic mass is 19.1. The monoisotopic (exact) mass is 373 g/mol. The molecule has 1 atom stereocenters. The first-order valence-electron chi connectivity index (χ1n) is 8.81. The molecular weight excluding hydrogens is 352 g/mol. The number of aryl methyl sites for hydroxylation is 2. The molecule has 1 aromatic carbocycles. The third-order valence-corrected chi connectivity index (χ3v) is 4.29. The normalized spacial score (nSPS) is 17.3. The summed E-state index contributed by atoms with van der Waals surface area (Å²) in [5, 5.41) is 0. The van der Waals surface area contributed by atoms with Gasteiger partial charge in [0.05, 0.1) is 6.54 Å². The van der Waals surface area contributed by atoms with E-state index in [1.54, 1.807) is 4.90 Å². The van der Waals surface area contributed by atoms with Crippen molar-refractivity contribution in [2.24, 2.45) is 0 Å². The van der Waals surface area contributed by atoms with Crippen LogP contribution in [0.1, 0.15) is 29.8 Å². The number of halogens is 2. The molecule has 1 aliphatic heterocycles. The fraction of sp³-hybridized carbons (Fsp3) is 0.350. The average molecular weight is 373 g/mol. The summed E-state index contributed by atoms with van der Waals surface area (Å²) in [5.74, 6) is -1.40. The van der Waals surface area contributed by atoms with Gasteiger partial charge < -0.3 is 9.64 Å². The van der Waals surface area contributed by atoms with Crippen molar-refractivity contribution in [1.29, 1.82) is 0 Å². The molecule has 0 N–H and O–H groups in total. The smallest absolute Gasteiger partial charge is 0.317 e. The number of likely N-dealkylation sites (tertiary alicyclic amines) is 1. The highest BCUT2D eigenvalue weighted by molar-refractivity contribution is 5.91. The van der Waals surface area contributed by atoms with Crippen molar-refractivity contribution in [3.63, 3.8) is 0 Å². The van der Waals surface area contributed by atoms with Crippen molar-refractivity contribution in [2.45, 2.75) is 32.8 Å². The van der Waals surface area contributed by atoms with E-state index in [0.717, 1.165) is 42.4 Å². The Morgan fingerprint density at radius 3 is 2.70 bits per heavy atom. The van der Waals surface area contributed by atoms with E-state index in [0.29, 0.717) is 19.1 Å². The Morgan fingerprint density at radius 1 is 1.22 bits per heavy atom. The predicted octanol–water partition coefficient (Wildman–Crippen LogP) is 3.45. The summed E-state index contributed by atoms with van der Waals surface area (Å²) < 4.78 is 32.7. The summed E-state index contributed by atoms with van der Waals surface area (Å²) >= 11 is 0. The second-order valence-corrected chi connectivity index (χ2v) is 6.60. The molecule has 5 nitrogen and oxygen atoms in total. The van der Waals surface area contributed by atoms with E-state index in [4.69, 9.17) is 4.74 Å². The molecule has 3 rings (SSSR count). The van der Waals surface area contributed by atoms with Gasteiger partial charge in [-0.05, 0) is 57.0 Å². The number of aromatic nitrogens is 2. The number of carbonyl (C=O) groups excluding carboxylic acids is 1. The molecule has 0 radical (unpaired) electrons. The van der Waals surface area contributed by atoms with Gasteiger partial charge in [-0.2, -0.15) is 0 Å². The molecule has 1 unspecified atom stereocenters. The lowest BCUT2D eigenvalue weighted by Crippen LogP contribution is -2.44. The largest absolute Gasteiger partial charge is 0.458 e. The fourth-order valence-corrected chi connectivity index (χ4v) is 3.04. The summed E-state index contributed by atoms with van der Waals surface area (Å²) in [6.07, 6.45) is 3.92. The molecule has 1 amide bonds. The zero-order valence-corrected chi connectivity index (χ0v) is 15.3. The van der Waals surface area contributed by atoms with Crippen LogP contribution in [-0.2, 0) is 4.79 Å². The Morgan fingerprint density at radius 2 is 1.96 bits per heavy atom. The third kappa shape index (κ3) is 5.09. The molecule has 1 fully saturated rings. The molecule has 1 saturated heterocycles. The van der Waals surface area contributed by atoms with Crippen molar-refractivity contribution in [3.05, 3.63) is 58.9 Å². The fourth-order valence-electron chi connectivity index (χ4n) is 3.04. The van der Waals surface area contributed by atoms with E-state index in [2.05, 4.69) is 9.97 Å². The molecule has 0 bridgehead atoms. The van der Waals surface area contributed by atoms with Crippen LogP contribution in [0.2, 0.25) is 0 Å². The molecular formula is C20H21F2N3O2. The van der Waals surface area contributed by atoms with Crippen LogP contribution < -0.4 is 4.74 Å². The summed E-state index contributed by atoms with van der Waals surface area (Å²) in [4.78, 5) is 22.6. The molecule has 2 heterocycles.